The van der Waals surface area contributed by atoms with Gasteiger partial charge in [0.2, 0.25) is 0 Å². The summed E-state index contributed by atoms with van der Waals surface area (Å²) in [6, 6.07) is 0. The number of hydrogen-bond donors (Lipinski definition) is 3. The highest BCUT2D eigenvalue weighted by molar-refractivity contribution is 5.66. The predicted molar refractivity (Wildman–Crippen MR) is 109 cm³/mol. The SMILES string of the molecule is C[C@H](CCC(=O)O)[C@H]1CCC2C3C(CCC21C)C1(C)CC[C@@H](O)CC1C[C@H]3O. The minimum absolute atomic E-state index is 0.179. The Kier molecular flexibility index (Phi) is 5.36. The zero-order valence-electron chi connectivity index (χ0n) is 17.9. The quantitative estimate of drug-likeness (QED) is 0.659. The molecule has 4 fully saturated rings. The average molecular weight is 393 g/mol. The van der Waals surface area contributed by atoms with Gasteiger partial charge in [-0.15, -0.1) is 0 Å². The van der Waals surface area contributed by atoms with Gasteiger partial charge in [0.15, 0.2) is 0 Å². The Bertz CT molecular complexity index is 605. The maximum absolute atomic E-state index is 11.2. The molecule has 0 aromatic carbocycles. The van der Waals surface area contributed by atoms with Crippen LogP contribution in [0, 0.1) is 46.3 Å². The van der Waals surface area contributed by atoms with Crippen molar-refractivity contribution in [2.75, 3.05) is 0 Å². The molecule has 4 aliphatic carbocycles. The predicted octanol–water partition coefficient (Wildman–Crippen LogP) is 4.48. The smallest absolute Gasteiger partial charge is 0.303 e. The summed E-state index contributed by atoms with van der Waals surface area (Å²) in [6.45, 7) is 7.16. The van der Waals surface area contributed by atoms with Crippen LogP contribution in [0.2, 0.25) is 0 Å². The highest BCUT2D eigenvalue weighted by atomic mass is 16.4. The highest BCUT2D eigenvalue weighted by Crippen LogP contribution is 2.68. The number of aliphatic hydroxyl groups is 2. The van der Waals surface area contributed by atoms with Crippen molar-refractivity contribution in [3.05, 3.63) is 0 Å². The summed E-state index contributed by atoms with van der Waals surface area (Å²) in [7, 11) is 0. The largest absolute Gasteiger partial charge is 0.481 e. The molecule has 4 nitrogen and oxygen atoms in total. The molecule has 4 rings (SSSR count). The normalized spacial score (nSPS) is 51.7. The van der Waals surface area contributed by atoms with E-state index in [9.17, 15) is 15.0 Å². The van der Waals surface area contributed by atoms with Crippen molar-refractivity contribution in [3.8, 4) is 0 Å². The summed E-state index contributed by atoms with van der Waals surface area (Å²) in [5, 5.41) is 30.5. The molecule has 0 radical (unpaired) electrons. The van der Waals surface area contributed by atoms with E-state index in [-0.39, 0.29) is 29.5 Å². The van der Waals surface area contributed by atoms with Crippen molar-refractivity contribution in [2.24, 2.45) is 46.3 Å². The molecule has 0 saturated heterocycles. The van der Waals surface area contributed by atoms with Crippen LogP contribution in [0.3, 0.4) is 0 Å². The van der Waals surface area contributed by atoms with Gasteiger partial charge >= 0.3 is 5.97 Å². The van der Waals surface area contributed by atoms with Crippen LogP contribution >= 0.6 is 0 Å². The molecule has 0 heterocycles. The number of carboxylic acid groups (broad SMARTS) is 1. The molecule has 0 aromatic heterocycles. The van der Waals surface area contributed by atoms with Gasteiger partial charge in [-0.05, 0) is 104 Å². The summed E-state index contributed by atoms with van der Waals surface area (Å²) >= 11 is 0. The summed E-state index contributed by atoms with van der Waals surface area (Å²) in [4.78, 5) is 11.1. The lowest BCUT2D eigenvalue weighted by atomic mass is 9.43. The Balaban J connectivity index is 1.55. The molecule has 4 aliphatic rings. The van der Waals surface area contributed by atoms with Crippen molar-refractivity contribution >= 4 is 5.97 Å². The summed E-state index contributed by atoms with van der Waals surface area (Å²) in [5.74, 6) is 2.36. The fourth-order valence-electron chi connectivity index (χ4n) is 8.73. The summed E-state index contributed by atoms with van der Waals surface area (Å²) in [5.41, 5.74) is 0.523. The van der Waals surface area contributed by atoms with Gasteiger partial charge in [-0.1, -0.05) is 20.8 Å². The first kappa shape index (κ1) is 20.7. The molecular formula is C24H40O4. The lowest BCUT2D eigenvalue weighted by molar-refractivity contribution is -0.174. The van der Waals surface area contributed by atoms with Gasteiger partial charge in [0.25, 0.3) is 0 Å². The van der Waals surface area contributed by atoms with Crippen molar-refractivity contribution in [1.29, 1.82) is 0 Å². The van der Waals surface area contributed by atoms with E-state index >= 15 is 0 Å². The van der Waals surface area contributed by atoms with Crippen LogP contribution in [0.4, 0.5) is 0 Å². The second-order valence-corrected chi connectivity index (χ2v) is 11.4. The van der Waals surface area contributed by atoms with E-state index < -0.39 is 5.97 Å². The fourth-order valence-corrected chi connectivity index (χ4v) is 8.73. The van der Waals surface area contributed by atoms with E-state index in [0.29, 0.717) is 35.5 Å². The Morgan fingerprint density at radius 3 is 2.39 bits per heavy atom. The van der Waals surface area contributed by atoms with E-state index in [1.54, 1.807) is 0 Å². The van der Waals surface area contributed by atoms with Gasteiger partial charge in [0.1, 0.15) is 0 Å². The second kappa shape index (κ2) is 7.27. The Hall–Kier alpha value is -0.610. The Morgan fingerprint density at radius 2 is 1.68 bits per heavy atom. The van der Waals surface area contributed by atoms with E-state index in [2.05, 4.69) is 20.8 Å². The van der Waals surface area contributed by atoms with E-state index in [0.717, 1.165) is 32.1 Å². The molecule has 0 spiro atoms. The number of carbonyl (C=O) groups is 1. The number of rotatable bonds is 4. The monoisotopic (exact) mass is 392 g/mol. The number of aliphatic carboxylic acids is 1. The minimum atomic E-state index is -0.684. The van der Waals surface area contributed by atoms with Crippen molar-refractivity contribution in [1.82, 2.24) is 0 Å². The third-order valence-corrected chi connectivity index (χ3v) is 10.2. The third-order valence-electron chi connectivity index (χ3n) is 10.2. The first-order chi connectivity index (χ1) is 13.2. The molecular weight excluding hydrogens is 352 g/mol. The lowest BCUT2D eigenvalue weighted by Crippen LogP contribution is -2.58. The molecule has 0 aliphatic heterocycles. The molecule has 10 atom stereocenters. The Labute approximate surface area is 170 Å². The van der Waals surface area contributed by atoms with Crippen LogP contribution in [0.25, 0.3) is 0 Å². The number of carboxylic acids is 1. The molecule has 160 valence electrons. The molecule has 0 bridgehead atoms. The molecule has 4 saturated carbocycles. The average Bonchev–Trinajstić information content (AvgIpc) is 2.98. The van der Waals surface area contributed by atoms with Crippen LogP contribution < -0.4 is 0 Å². The van der Waals surface area contributed by atoms with Gasteiger partial charge in [0, 0.05) is 6.42 Å². The van der Waals surface area contributed by atoms with E-state index in [1.807, 2.05) is 0 Å². The Morgan fingerprint density at radius 1 is 1.00 bits per heavy atom. The third kappa shape index (κ3) is 3.14. The van der Waals surface area contributed by atoms with Gasteiger partial charge in [-0.2, -0.15) is 0 Å². The van der Waals surface area contributed by atoms with Crippen LogP contribution in [0.15, 0.2) is 0 Å². The molecule has 3 N–H and O–H groups in total. The van der Waals surface area contributed by atoms with Crippen LogP contribution in [0.1, 0.15) is 85.0 Å². The maximum atomic E-state index is 11.2. The zero-order valence-corrected chi connectivity index (χ0v) is 17.9. The highest BCUT2D eigenvalue weighted by Gasteiger charge is 2.62. The first-order valence-electron chi connectivity index (χ1n) is 11.7. The number of fused-ring (bicyclic) bond motifs is 5. The molecule has 0 aromatic rings. The van der Waals surface area contributed by atoms with Gasteiger partial charge < -0.3 is 15.3 Å². The second-order valence-electron chi connectivity index (χ2n) is 11.4. The summed E-state index contributed by atoms with van der Waals surface area (Å²) in [6.07, 6.45) is 9.19. The molecule has 4 heteroatoms. The number of hydrogen-bond acceptors (Lipinski definition) is 3. The van der Waals surface area contributed by atoms with Crippen LogP contribution in [-0.4, -0.2) is 33.5 Å². The van der Waals surface area contributed by atoms with Gasteiger partial charge in [0.05, 0.1) is 12.2 Å². The minimum Gasteiger partial charge on any atom is -0.481 e. The fraction of sp³-hybridized carbons (Fsp3) is 0.958. The lowest BCUT2D eigenvalue weighted by Gasteiger charge is -2.62. The topological polar surface area (TPSA) is 77.8 Å². The first-order valence-corrected chi connectivity index (χ1v) is 11.7. The van der Waals surface area contributed by atoms with E-state index in [1.165, 1.54) is 25.7 Å². The van der Waals surface area contributed by atoms with Crippen molar-refractivity contribution in [2.45, 2.75) is 97.2 Å². The maximum Gasteiger partial charge on any atom is 0.303 e. The zero-order chi connectivity index (χ0) is 20.3. The van der Waals surface area contributed by atoms with Crippen LogP contribution in [-0.2, 0) is 4.79 Å². The van der Waals surface area contributed by atoms with Gasteiger partial charge in [-0.3, -0.25) is 4.79 Å². The van der Waals surface area contributed by atoms with Crippen LogP contribution in [0.5, 0.6) is 0 Å². The summed E-state index contributed by atoms with van der Waals surface area (Å²) < 4.78 is 0. The molecule has 28 heavy (non-hydrogen) atoms. The standard InChI is InChI=1S/C24H40O4/c1-14(4-7-21(27)28)17-5-6-18-22-19(9-11-24(17,18)3)23(2)10-8-16(25)12-15(23)13-20(22)26/h14-20,22,25-26H,4-13H2,1-3H3,(H,27,28)/t14-,15?,16-,17-,18?,19?,20-,22?,23?,24?/m1/s1. The van der Waals surface area contributed by atoms with Crippen molar-refractivity contribution in [3.63, 3.8) is 0 Å². The van der Waals surface area contributed by atoms with Gasteiger partial charge in [-0.25, -0.2) is 0 Å². The van der Waals surface area contributed by atoms with E-state index in [4.69, 9.17) is 5.11 Å². The molecule has 6 unspecified atom stereocenters. The molecule has 0 amide bonds. The number of aliphatic hydroxyl groups excluding tert-OH is 2. The van der Waals surface area contributed by atoms with Crippen molar-refractivity contribution < 1.29 is 20.1 Å².